The van der Waals surface area contributed by atoms with Crippen LogP contribution in [-0.2, 0) is 28.9 Å². The quantitative estimate of drug-likeness (QED) is 0.0754. The number of esters is 1. The Morgan fingerprint density at radius 3 is 2.24 bits per heavy atom. The van der Waals surface area contributed by atoms with Gasteiger partial charge in [-0.25, -0.2) is 0 Å². The normalized spacial score (nSPS) is 19.5. The summed E-state index contributed by atoms with van der Waals surface area (Å²) < 4.78 is 25.2. The van der Waals surface area contributed by atoms with Crippen molar-refractivity contribution in [1.82, 2.24) is 4.90 Å². The van der Waals surface area contributed by atoms with Crippen LogP contribution in [0, 0.1) is 0 Å². The van der Waals surface area contributed by atoms with E-state index in [1.165, 1.54) is 5.56 Å². The second-order valence-corrected chi connectivity index (χ2v) is 28.6. The fourth-order valence-corrected chi connectivity index (χ4v) is 15.8. The smallest absolute Gasteiger partial charge is 0.306 e. The average molecular weight is 843 g/mol. The summed E-state index contributed by atoms with van der Waals surface area (Å²) >= 11 is 0. The molecule has 6 rings (SSSR count). The first-order chi connectivity index (χ1) is 27.9. The molecular formula is C47H70N4O6Si2. The third kappa shape index (κ3) is 8.74. The molecule has 10 nitrogen and oxygen atoms in total. The van der Waals surface area contributed by atoms with Gasteiger partial charge >= 0.3 is 5.97 Å². The molecule has 0 N–H and O–H groups in total. The molecule has 1 fully saturated rings. The highest BCUT2D eigenvalue weighted by Gasteiger charge is 2.58. The number of benzene rings is 3. The summed E-state index contributed by atoms with van der Waals surface area (Å²) in [6, 6.07) is 20.1. The number of amides is 1. The summed E-state index contributed by atoms with van der Waals surface area (Å²) in [6.45, 7) is 27.0. The molecule has 322 valence electrons. The first-order valence-electron chi connectivity index (χ1n) is 22.0. The monoisotopic (exact) mass is 842 g/mol. The molecule has 3 aromatic carbocycles. The molecule has 12 heteroatoms. The van der Waals surface area contributed by atoms with Gasteiger partial charge in [0.2, 0.25) is 11.6 Å². The molecule has 3 aliphatic rings. The van der Waals surface area contributed by atoms with Gasteiger partial charge in [-0.3, -0.25) is 14.6 Å². The second kappa shape index (κ2) is 17.7. The van der Waals surface area contributed by atoms with Crippen LogP contribution in [0.15, 0.2) is 59.6 Å². The molecule has 0 aliphatic carbocycles. The molecule has 3 heterocycles. The predicted molar refractivity (Wildman–Crippen MR) is 247 cm³/mol. The number of likely N-dealkylation sites (N-methyl/N-ethyl adjacent to an activating group) is 1. The van der Waals surface area contributed by atoms with Crippen LogP contribution in [0.2, 0.25) is 37.3 Å². The summed E-state index contributed by atoms with van der Waals surface area (Å²) in [4.78, 5) is 37.3. The summed E-state index contributed by atoms with van der Waals surface area (Å²) in [5.74, 6) is 0.368. The van der Waals surface area contributed by atoms with Gasteiger partial charge in [0, 0.05) is 80.2 Å². The van der Waals surface area contributed by atoms with Crippen LogP contribution in [0.5, 0.6) is 5.75 Å². The number of anilines is 2. The number of carbonyl (C=O) groups excluding carboxylic acids is 2. The van der Waals surface area contributed by atoms with E-state index in [2.05, 4.69) is 133 Å². The Hall–Kier alpha value is -3.72. The minimum absolute atomic E-state index is 0.0242. The molecule has 59 heavy (non-hydrogen) atoms. The Kier molecular flexibility index (Phi) is 13.5. The molecule has 3 aromatic rings. The third-order valence-corrected chi connectivity index (χ3v) is 23.4. The number of hydrogen-bond acceptors (Lipinski definition) is 9. The van der Waals surface area contributed by atoms with Crippen molar-refractivity contribution in [3.8, 4) is 5.75 Å². The van der Waals surface area contributed by atoms with Crippen LogP contribution in [0.25, 0.3) is 10.8 Å². The lowest BCUT2D eigenvalue weighted by atomic mass is 9.77. The summed E-state index contributed by atoms with van der Waals surface area (Å²) in [6.07, 6.45) is 5.46. The highest BCUT2D eigenvalue weighted by Crippen LogP contribution is 2.55. The van der Waals surface area contributed by atoms with Crippen molar-refractivity contribution >= 4 is 62.3 Å². The third-order valence-electron chi connectivity index (χ3n) is 14.6. The van der Waals surface area contributed by atoms with Crippen molar-refractivity contribution < 1.29 is 28.2 Å². The van der Waals surface area contributed by atoms with Crippen molar-refractivity contribution in [2.24, 2.45) is 4.99 Å². The first-order valence-corrected chi connectivity index (χ1v) is 28.2. The lowest BCUT2D eigenvalue weighted by Crippen LogP contribution is -2.61. The average Bonchev–Trinajstić information content (AvgIpc) is 3.38. The van der Waals surface area contributed by atoms with Crippen LogP contribution in [0.1, 0.15) is 79.2 Å². The number of aliphatic imine (C=N–C) groups is 1. The van der Waals surface area contributed by atoms with Crippen molar-refractivity contribution in [3.05, 3.63) is 60.2 Å². The van der Waals surface area contributed by atoms with E-state index in [0.29, 0.717) is 45.1 Å². The second-order valence-electron chi connectivity index (χ2n) is 18.9. The molecule has 1 amide bonds. The van der Waals surface area contributed by atoms with Crippen LogP contribution >= 0.6 is 0 Å². The predicted octanol–water partition coefficient (Wildman–Crippen LogP) is 9.88. The molecule has 0 radical (unpaired) electrons. The molecule has 0 aromatic heterocycles. The number of para-hydroxylation sites is 1. The largest absolute Gasteiger partial charge is 0.463 e. The summed E-state index contributed by atoms with van der Waals surface area (Å²) in [5, 5.41) is 2.43. The van der Waals surface area contributed by atoms with E-state index in [1.807, 2.05) is 17.2 Å². The molecule has 0 saturated carbocycles. The maximum Gasteiger partial charge on any atom is 0.306 e. The lowest BCUT2D eigenvalue weighted by molar-refractivity contribution is -0.147. The number of fused-ring (bicyclic) bond motifs is 4. The zero-order valence-corrected chi connectivity index (χ0v) is 39.8. The first kappa shape index (κ1) is 44.8. The number of carbonyl (C=O) groups is 2. The van der Waals surface area contributed by atoms with E-state index in [4.69, 9.17) is 23.6 Å². The van der Waals surface area contributed by atoms with Crippen molar-refractivity contribution in [3.63, 3.8) is 0 Å². The van der Waals surface area contributed by atoms with Crippen LogP contribution in [-0.4, -0.2) is 104 Å². The van der Waals surface area contributed by atoms with Gasteiger partial charge in [0.05, 0.1) is 32.7 Å². The van der Waals surface area contributed by atoms with Gasteiger partial charge in [0.1, 0.15) is 12.3 Å². The number of ether oxygens (including phenoxy) is 3. The van der Waals surface area contributed by atoms with E-state index >= 15 is 0 Å². The number of rotatable bonds is 17. The molecule has 3 aliphatic heterocycles. The SMILES string of the molecule is CCC(C)(CC)[Si](C)(C)OC(C)[Si](C)(C)CCCOCCOC(=O)CCC(=O)N1CCN(c2cc3c(c4ccccc24)N=CC2(O3)N(C)c3ccccc3C2(C)C)CC1. The van der Waals surface area contributed by atoms with Gasteiger partial charge < -0.3 is 33.3 Å². The molecule has 2 atom stereocenters. The minimum atomic E-state index is -1.85. The molecular weight excluding hydrogens is 773 g/mol. The van der Waals surface area contributed by atoms with Gasteiger partial charge in [-0.1, -0.05) is 95.2 Å². The Morgan fingerprint density at radius 1 is 0.898 bits per heavy atom. The fraction of sp³-hybridized carbons (Fsp3) is 0.596. The minimum Gasteiger partial charge on any atom is -0.463 e. The zero-order chi connectivity index (χ0) is 42.8. The van der Waals surface area contributed by atoms with Crippen molar-refractivity contribution in [2.45, 2.75) is 128 Å². The topological polar surface area (TPSA) is 93.1 Å². The lowest BCUT2D eigenvalue weighted by Gasteiger charge is -2.45. The fourth-order valence-electron chi connectivity index (χ4n) is 9.30. The van der Waals surface area contributed by atoms with Gasteiger partial charge in [0.15, 0.2) is 14.1 Å². The highest BCUT2D eigenvalue weighted by atomic mass is 28.4. The van der Waals surface area contributed by atoms with Crippen LogP contribution in [0.3, 0.4) is 0 Å². The Morgan fingerprint density at radius 2 is 1.56 bits per heavy atom. The summed E-state index contributed by atoms with van der Waals surface area (Å²) in [7, 11) is -1.38. The molecule has 0 bridgehead atoms. The van der Waals surface area contributed by atoms with Gasteiger partial charge in [-0.15, -0.1) is 0 Å². The Labute approximate surface area is 355 Å². The van der Waals surface area contributed by atoms with Gasteiger partial charge in [-0.05, 0) is 57.0 Å². The van der Waals surface area contributed by atoms with Crippen LogP contribution < -0.4 is 14.5 Å². The molecule has 1 saturated heterocycles. The van der Waals surface area contributed by atoms with E-state index in [-0.39, 0.29) is 41.8 Å². The Bertz CT molecular complexity index is 2010. The van der Waals surface area contributed by atoms with Gasteiger partial charge in [0.25, 0.3) is 0 Å². The molecule has 2 unspecified atom stereocenters. The number of nitrogens with zero attached hydrogens (tertiary/aromatic N) is 4. The molecule has 1 spiro atoms. The maximum atomic E-state index is 13.2. The zero-order valence-electron chi connectivity index (χ0n) is 37.8. The van der Waals surface area contributed by atoms with Crippen molar-refractivity contribution in [2.75, 3.05) is 62.8 Å². The van der Waals surface area contributed by atoms with E-state index < -0.39 is 22.1 Å². The highest BCUT2D eigenvalue weighted by molar-refractivity contribution is 6.81. The maximum absolute atomic E-state index is 13.2. The standard InChI is InChI=1S/C47H70N4O6Si2/c1-12-46(6,13-2)59(10,11)57-35(3)58(8,9)32-18-29-54-30-31-55-43(53)24-23-42(52)51-27-25-50(26-28-51)40-33-41-44(37-20-15-14-19-36(37)40)48-34-47(56-41)45(4,5)38-21-16-17-22-39(38)49(47)7/h14-17,19-22,33-35H,12-13,18,23-32H2,1-11H3. The van der Waals surface area contributed by atoms with Crippen molar-refractivity contribution in [1.29, 1.82) is 0 Å². The van der Waals surface area contributed by atoms with E-state index in [9.17, 15) is 9.59 Å². The Balaban J connectivity index is 0.941. The number of piperazine rings is 1. The van der Waals surface area contributed by atoms with E-state index in [0.717, 1.165) is 58.9 Å². The van der Waals surface area contributed by atoms with Gasteiger partial charge in [-0.2, -0.15) is 0 Å². The number of hydrogen-bond donors (Lipinski definition) is 0. The van der Waals surface area contributed by atoms with E-state index in [1.54, 1.807) is 0 Å². The summed E-state index contributed by atoms with van der Waals surface area (Å²) in [5.41, 5.74) is 3.45. The van der Waals surface area contributed by atoms with Crippen LogP contribution in [0.4, 0.5) is 17.1 Å².